The van der Waals surface area contributed by atoms with E-state index < -0.39 is 6.10 Å². The Kier molecular flexibility index (Phi) is 4.05. The summed E-state index contributed by atoms with van der Waals surface area (Å²) >= 11 is 0. The van der Waals surface area contributed by atoms with Gasteiger partial charge in [-0.3, -0.25) is 9.48 Å². The number of aryl methyl sites for hydroxylation is 1. The first-order valence-electron chi connectivity index (χ1n) is 4.71. The largest absolute Gasteiger partial charge is 0.392 e. The Labute approximate surface area is 88.4 Å². The van der Waals surface area contributed by atoms with E-state index in [4.69, 9.17) is 5.11 Å². The van der Waals surface area contributed by atoms with Gasteiger partial charge in [0.15, 0.2) is 0 Å². The lowest BCUT2D eigenvalue weighted by Gasteiger charge is -2.03. The molecule has 0 radical (unpaired) electrons. The molecule has 1 heterocycles. The summed E-state index contributed by atoms with van der Waals surface area (Å²) in [6.45, 7) is 1.87. The highest BCUT2D eigenvalue weighted by molar-refractivity contribution is 5.91. The molecule has 0 spiro atoms. The Morgan fingerprint density at radius 1 is 1.80 bits per heavy atom. The number of carbonyl (C=O) groups is 1. The Morgan fingerprint density at radius 2 is 2.53 bits per heavy atom. The fourth-order valence-electron chi connectivity index (χ4n) is 1.02. The van der Waals surface area contributed by atoms with Crippen molar-refractivity contribution in [3.8, 4) is 0 Å². The normalized spacial score (nSPS) is 13.0. The van der Waals surface area contributed by atoms with Gasteiger partial charge in [0.2, 0.25) is 5.91 Å². The second-order valence-corrected chi connectivity index (χ2v) is 3.31. The van der Waals surface area contributed by atoms with E-state index in [1.807, 2.05) is 0 Å². The Balaban J connectivity index is 2.44. The van der Waals surface area contributed by atoms with Crippen LogP contribution in [0.15, 0.2) is 18.3 Å². The van der Waals surface area contributed by atoms with E-state index >= 15 is 0 Å². The molecule has 0 fully saturated rings. The molecule has 5 heteroatoms. The van der Waals surface area contributed by atoms with Gasteiger partial charge in [-0.15, -0.1) is 0 Å². The van der Waals surface area contributed by atoms with Gasteiger partial charge >= 0.3 is 0 Å². The molecular weight excluding hydrogens is 194 g/mol. The molecule has 2 N–H and O–H groups in total. The first-order valence-corrected chi connectivity index (χ1v) is 4.71. The molecule has 0 bridgehead atoms. The molecule has 0 aliphatic carbocycles. The molecule has 82 valence electrons. The molecule has 0 aliphatic rings. The zero-order chi connectivity index (χ0) is 11.3. The van der Waals surface area contributed by atoms with Gasteiger partial charge in [-0.2, -0.15) is 5.10 Å². The SMILES string of the molecule is C[C@H](O)CNC(=O)/C=C/c1ccnn1C. The predicted molar refractivity (Wildman–Crippen MR) is 56.9 cm³/mol. The van der Waals surface area contributed by atoms with Crippen LogP contribution in [0, 0.1) is 0 Å². The molecule has 0 saturated heterocycles. The maximum absolute atomic E-state index is 11.2. The van der Waals surface area contributed by atoms with Crippen LogP contribution in [0.2, 0.25) is 0 Å². The van der Waals surface area contributed by atoms with Crippen LogP contribution in [0.5, 0.6) is 0 Å². The van der Waals surface area contributed by atoms with Crippen LogP contribution in [-0.4, -0.2) is 33.4 Å². The summed E-state index contributed by atoms with van der Waals surface area (Å²) in [5, 5.41) is 15.5. The standard InChI is InChI=1S/C10H15N3O2/c1-8(14)7-11-10(15)4-3-9-5-6-12-13(9)2/h3-6,8,14H,7H2,1-2H3,(H,11,15)/b4-3+/t8-/m0/s1. The molecule has 1 amide bonds. The third-order valence-electron chi connectivity index (χ3n) is 1.84. The summed E-state index contributed by atoms with van der Waals surface area (Å²) < 4.78 is 1.67. The second kappa shape index (κ2) is 5.31. The first-order chi connectivity index (χ1) is 7.09. The molecule has 1 aromatic heterocycles. The number of aliphatic hydroxyl groups excluding tert-OH is 1. The van der Waals surface area contributed by atoms with Crippen LogP contribution in [0.25, 0.3) is 6.08 Å². The maximum Gasteiger partial charge on any atom is 0.244 e. The van der Waals surface area contributed by atoms with Crippen molar-refractivity contribution in [2.24, 2.45) is 7.05 Å². The Hall–Kier alpha value is -1.62. The van der Waals surface area contributed by atoms with Crippen LogP contribution >= 0.6 is 0 Å². The zero-order valence-electron chi connectivity index (χ0n) is 8.84. The lowest BCUT2D eigenvalue weighted by molar-refractivity contribution is -0.116. The third kappa shape index (κ3) is 3.95. The quantitative estimate of drug-likeness (QED) is 0.682. The van der Waals surface area contributed by atoms with Crippen molar-refractivity contribution in [2.75, 3.05) is 6.54 Å². The van der Waals surface area contributed by atoms with Crippen LogP contribution in [0.4, 0.5) is 0 Å². The van der Waals surface area contributed by atoms with Gasteiger partial charge in [-0.1, -0.05) is 0 Å². The minimum absolute atomic E-state index is 0.225. The highest BCUT2D eigenvalue weighted by atomic mass is 16.3. The van der Waals surface area contributed by atoms with E-state index in [0.717, 1.165) is 5.69 Å². The molecule has 1 rings (SSSR count). The summed E-state index contributed by atoms with van der Waals surface area (Å²) in [5.41, 5.74) is 0.849. The predicted octanol–water partition coefficient (Wildman–Crippen LogP) is -0.0697. The summed E-state index contributed by atoms with van der Waals surface area (Å²) in [7, 11) is 1.80. The molecule has 1 aromatic rings. The molecule has 5 nitrogen and oxygen atoms in total. The smallest absolute Gasteiger partial charge is 0.244 e. The monoisotopic (exact) mass is 209 g/mol. The highest BCUT2D eigenvalue weighted by Gasteiger charge is 1.99. The Bertz CT molecular complexity index is 355. The average Bonchev–Trinajstić information content (AvgIpc) is 2.58. The number of hydrogen-bond acceptors (Lipinski definition) is 3. The molecule has 0 aliphatic heterocycles. The minimum atomic E-state index is -0.529. The fourth-order valence-corrected chi connectivity index (χ4v) is 1.02. The van der Waals surface area contributed by atoms with Crippen molar-refractivity contribution in [3.63, 3.8) is 0 Å². The van der Waals surface area contributed by atoms with Crippen molar-refractivity contribution in [1.29, 1.82) is 0 Å². The summed E-state index contributed by atoms with van der Waals surface area (Å²) in [4.78, 5) is 11.2. The molecule has 15 heavy (non-hydrogen) atoms. The van der Waals surface area contributed by atoms with Crippen molar-refractivity contribution in [3.05, 3.63) is 24.0 Å². The maximum atomic E-state index is 11.2. The van der Waals surface area contributed by atoms with E-state index in [1.54, 1.807) is 37.0 Å². The van der Waals surface area contributed by atoms with E-state index in [1.165, 1.54) is 6.08 Å². The number of aromatic nitrogens is 2. The van der Waals surface area contributed by atoms with Crippen LogP contribution in [0.1, 0.15) is 12.6 Å². The number of nitrogens with one attached hydrogen (secondary N) is 1. The third-order valence-corrected chi connectivity index (χ3v) is 1.84. The number of hydrogen-bond donors (Lipinski definition) is 2. The van der Waals surface area contributed by atoms with Gasteiger partial charge in [0.1, 0.15) is 0 Å². The summed E-state index contributed by atoms with van der Waals surface area (Å²) in [6.07, 6.45) is 4.22. The van der Waals surface area contributed by atoms with Crippen molar-refractivity contribution in [1.82, 2.24) is 15.1 Å². The topological polar surface area (TPSA) is 67.2 Å². The van der Waals surface area contributed by atoms with E-state index in [2.05, 4.69) is 10.4 Å². The van der Waals surface area contributed by atoms with Gasteiger partial charge in [0.25, 0.3) is 0 Å². The average molecular weight is 209 g/mol. The number of rotatable bonds is 4. The minimum Gasteiger partial charge on any atom is -0.392 e. The summed E-state index contributed by atoms with van der Waals surface area (Å²) in [6, 6.07) is 1.80. The van der Waals surface area contributed by atoms with Gasteiger partial charge in [-0.25, -0.2) is 0 Å². The highest BCUT2D eigenvalue weighted by Crippen LogP contribution is 1.98. The van der Waals surface area contributed by atoms with Crippen LogP contribution < -0.4 is 5.32 Å². The number of nitrogens with zero attached hydrogens (tertiary/aromatic N) is 2. The van der Waals surface area contributed by atoms with Crippen molar-refractivity contribution in [2.45, 2.75) is 13.0 Å². The Morgan fingerprint density at radius 3 is 3.07 bits per heavy atom. The van der Waals surface area contributed by atoms with E-state index in [-0.39, 0.29) is 12.5 Å². The van der Waals surface area contributed by atoms with E-state index in [9.17, 15) is 4.79 Å². The van der Waals surface area contributed by atoms with Crippen molar-refractivity contribution >= 4 is 12.0 Å². The van der Waals surface area contributed by atoms with Gasteiger partial charge < -0.3 is 10.4 Å². The molecular formula is C10H15N3O2. The van der Waals surface area contributed by atoms with Crippen LogP contribution in [0.3, 0.4) is 0 Å². The zero-order valence-corrected chi connectivity index (χ0v) is 8.84. The number of aliphatic hydroxyl groups is 1. The number of amides is 1. The first kappa shape index (κ1) is 11.5. The van der Waals surface area contributed by atoms with Gasteiger partial charge in [0, 0.05) is 25.9 Å². The van der Waals surface area contributed by atoms with Gasteiger partial charge in [-0.05, 0) is 19.1 Å². The van der Waals surface area contributed by atoms with Gasteiger partial charge in [0.05, 0.1) is 11.8 Å². The lowest BCUT2D eigenvalue weighted by Crippen LogP contribution is -2.28. The molecule has 0 unspecified atom stereocenters. The molecule has 0 saturated carbocycles. The number of carbonyl (C=O) groups excluding carboxylic acids is 1. The fraction of sp³-hybridized carbons (Fsp3) is 0.400. The second-order valence-electron chi connectivity index (χ2n) is 3.31. The molecule has 0 aromatic carbocycles. The lowest BCUT2D eigenvalue weighted by atomic mass is 10.3. The van der Waals surface area contributed by atoms with Crippen molar-refractivity contribution < 1.29 is 9.90 Å². The van der Waals surface area contributed by atoms with Crippen LogP contribution in [-0.2, 0) is 11.8 Å². The summed E-state index contributed by atoms with van der Waals surface area (Å²) in [5.74, 6) is -0.225. The van der Waals surface area contributed by atoms with E-state index in [0.29, 0.717) is 0 Å². The molecule has 1 atom stereocenters.